The summed E-state index contributed by atoms with van der Waals surface area (Å²) >= 11 is 0. The Morgan fingerprint density at radius 1 is 0.545 bits per heavy atom. The largest absolute Gasteiger partial charge is 0.456 e. The second kappa shape index (κ2) is 11.1. The third-order valence-electron chi connectivity index (χ3n) is 12.2. The first-order valence-electron chi connectivity index (χ1n) is 19.1. The molecule has 3 nitrogen and oxygen atoms in total. The summed E-state index contributed by atoms with van der Waals surface area (Å²) in [6.07, 6.45) is 0. The quantitative estimate of drug-likeness (QED) is 0.185. The lowest BCUT2D eigenvalue weighted by molar-refractivity contribution is 0.660. The van der Waals surface area contributed by atoms with Crippen molar-refractivity contribution in [3.63, 3.8) is 0 Å². The molecule has 10 aromatic rings. The molecule has 2 aliphatic rings. The average Bonchev–Trinajstić information content (AvgIpc) is 3.84. The second-order valence-electron chi connectivity index (χ2n) is 15.6. The first-order chi connectivity index (χ1) is 27.0. The predicted molar refractivity (Wildman–Crippen MR) is 231 cm³/mol. The number of hydrogen-bond donors (Lipinski definition) is 1. The third kappa shape index (κ3) is 4.28. The van der Waals surface area contributed by atoms with E-state index in [1.54, 1.807) is 0 Å². The van der Waals surface area contributed by atoms with E-state index in [4.69, 9.17) is 4.42 Å². The van der Waals surface area contributed by atoms with Crippen LogP contribution in [0.15, 0.2) is 168 Å². The fourth-order valence-electron chi connectivity index (χ4n) is 9.65. The number of nitrogens with zero attached hydrogens (tertiary/aromatic N) is 1. The summed E-state index contributed by atoms with van der Waals surface area (Å²) in [6, 6.07) is 59.6. The minimum atomic E-state index is -0.110. The molecule has 4 heteroatoms. The van der Waals surface area contributed by atoms with Gasteiger partial charge in [-0.2, -0.15) is 0 Å². The number of hydrogen-bond acceptors (Lipinski definition) is 2. The van der Waals surface area contributed by atoms with Crippen LogP contribution < -0.4 is 16.2 Å². The van der Waals surface area contributed by atoms with Crippen molar-refractivity contribution in [3.8, 4) is 39.1 Å². The number of aromatic nitrogens is 1. The summed E-state index contributed by atoms with van der Waals surface area (Å²) in [5, 5.41) is 8.55. The van der Waals surface area contributed by atoms with Gasteiger partial charge in [0.05, 0.1) is 5.52 Å². The van der Waals surface area contributed by atoms with Crippen LogP contribution in [0.1, 0.15) is 25.0 Å². The number of rotatable bonds is 4. The molecule has 0 spiro atoms. The molecule has 1 N–H and O–H groups in total. The zero-order valence-electron chi connectivity index (χ0n) is 30.5. The Balaban J connectivity index is 1.19. The van der Waals surface area contributed by atoms with E-state index < -0.39 is 0 Å². The molecule has 2 aromatic heterocycles. The van der Waals surface area contributed by atoms with Crippen LogP contribution in [0, 0.1) is 0 Å². The van der Waals surface area contributed by atoms with E-state index in [0.717, 1.165) is 44.3 Å². The van der Waals surface area contributed by atoms with Crippen molar-refractivity contribution in [2.24, 2.45) is 0 Å². The van der Waals surface area contributed by atoms with Crippen LogP contribution >= 0.6 is 0 Å². The van der Waals surface area contributed by atoms with Crippen molar-refractivity contribution < 1.29 is 4.42 Å². The average molecular weight is 702 g/mol. The highest BCUT2D eigenvalue weighted by Gasteiger charge is 2.36. The van der Waals surface area contributed by atoms with Gasteiger partial charge < -0.3 is 14.3 Å². The van der Waals surface area contributed by atoms with Crippen LogP contribution in [-0.4, -0.2) is 11.8 Å². The number of fused-ring (bicyclic) bond motifs is 11. The molecule has 8 aromatic carbocycles. The Morgan fingerprint density at radius 2 is 1.27 bits per heavy atom. The van der Waals surface area contributed by atoms with E-state index in [2.05, 4.69) is 189 Å². The second-order valence-corrected chi connectivity index (χ2v) is 15.6. The zero-order chi connectivity index (χ0) is 36.4. The molecule has 0 bridgehead atoms. The molecule has 1 aliphatic heterocycles. The van der Waals surface area contributed by atoms with Gasteiger partial charge in [-0.3, -0.25) is 0 Å². The van der Waals surface area contributed by atoms with Gasteiger partial charge in [-0.05, 0) is 99.0 Å². The predicted octanol–water partition coefficient (Wildman–Crippen LogP) is 12.0. The van der Waals surface area contributed by atoms with Gasteiger partial charge in [0.25, 0.3) is 0 Å². The molecule has 257 valence electrons. The molecule has 1 aliphatic carbocycles. The summed E-state index contributed by atoms with van der Waals surface area (Å²) in [5.41, 5.74) is 20.0. The van der Waals surface area contributed by atoms with Crippen molar-refractivity contribution in [1.82, 2.24) is 4.57 Å². The fourth-order valence-corrected chi connectivity index (χ4v) is 9.65. The lowest BCUT2D eigenvalue weighted by atomic mass is 9.58. The molecule has 55 heavy (non-hydrogen) atoms. The van der Waals surface area contributed by atoms with Crippen LogP contribution in [-0.2, 0) is 5.41 Å². The summed E-state index contributed by atoms with van der Waals surface area (Å²) in [4.78, 5) is 0. The SMILES string of the molecule is CC1(C)c2ccccc2-c2ccc(-c3cc(-c4ccccc4Nc4ccccc4)c4c5c3c3ccccc3n5-c3cc5c(cc3[B]4)oc3ccccc35)cc21. The van der Waals surface area contributed by atoms with E-state index >= 15 is 0 Å². The lowest BCUT2D eigenvalue weighted by Crippen LogP contribution is -2.37. The maximum absolute atomic E-state index is 6.46. The normalized spacial score (nSPS) is 13.6. The Labute approximate surface area is 319 Å². The van der Waals surface area contributed by atoms with Crippen molar-refractivity contribution in [3.05, 3.63) is 175 Å². The first kappa shape index (κ1) is 30.7. The molecule has 1 radical (unpaired) electrons. The Morgan fingerprint density at radius 3 is 2.16 bits per heavy atom. The topological polar surface area (TPSA) is 30.1 Å². The lowest BCUT2D eigenvalue weighted by Gasteiger charge is -2.25. The van der Waals surface area contributed by atoms with Crippen LogP contribution in [0.25, 0.3) is 82.8 Å². The molecule has 0 fully saturated rings. The highest BCUT2D eigenvalue weighted by atomic mass is 16.3. The monoisotopic (exact) mass is 701 g/mol. The highest BCUT2D eigenvalue weighted by molar-refractivity contribution is 6.74. The number of anilines is 2. The van der Waals surface area contributed by atoms with Crippen molar-refractivity contribution in [2.45, 2.75) is 19.3 Å². The van der Waals surface area contributed by atoms with Crippen LogP contribution in [0.3, 0.4) is 0 Å². The number of benzene rings is 8. The molecule has 0 amide bonds. The van der Waals surface area contributed by atoms with Crippen molar-refractivity contribution in [1.29, 1.82) is 0 Å². The zero-order valence-corrected chi connectivity index (χ0v) is 30.5. The van der Waals surface area contributed by atoms with Gasteiger partial charge in [-0.15, -0.1) is 0 Å². The molecule has 0 atom stereocenters. The van der Waals surface area contributed by atoms with Gasteiger partial charge >= 0.3 is 0 Å². The Kier molecular flexibility index (Phi) is 6.20. The summed E-state index contributed by atoms with van der Waals surface area (Å²) < 4.78 is 8.98. The first-order valence-corrected chi connectivity index (χ1v) is 19.1. The molecule has 12 rings (SSSR count). The number of para-hydroxylation sites is 4. The van der Waals surface area contributed by atoms with Crippen LogP contribution in [0.5, 0.6) is 0 Å². The van der Waals surface area contributed by atoms with Gasteiger partial charge in [-0.1, -0.05) is 129 Å². The van der Waals surface area contributed by atoms with Gasteiger partial charge in [0, 0.05) is 55.1 Å². The number of nitrogens with one attached hydrogen (secondary N) is 1. The minimum absolute atomic E-state index is 0.110. The standard InChI is InChI=1S/C51H34BN2O/c1-51(2)40-20-10-6-16-32(40)33-25-24-30(26-41(33)51)37-27-39(34-17-7-11-21-43(34)53-31-14-4-3-5-15-31)49-50-48(37)36-19-8-12-22-44(36)54(50)45-28-38-35-18-9-13-23-46(35)55-47(38)29-42(45)52-49/h3-29,53H,1-2H3. The molecule has 3 heterocycles. The van der Waals surface area contributed by atoms with Crippen molar-refractivity contribution >= 4 is 73.3 Å². The van der Waals surface area contributed by atoms with E-state index in [9.17, 15) is 0 Å². The van der Waals surface area contributed by atoms with Crippen LogP contribution in [0.4, 0.5) is 11.4 Å². The third-order valence-corrected chi connectivity index (χ3v) is 12.2. The Bertz CT molecular complexity index is 3240. The molecular formula is C51H34BN2O. The van der Waals surface area contributed by atoms with Gasteiger partial charge in [-0.25, -0.2) is 0 Å². The highest BCUT2D eigenvalue weighted by Crippen LogP contribution is 2.51. The van der Waals surface area contributed by atoms with Crippen LogP contribution in [0.2, 0.25) is 0 Å². The van der Waals surface area contributed by atoms with E-state index in [1.165, 1.54) is 71.9 Å². The number of furan rings is 1. The molecule has 0 saturated carbocycles. The smallest absolute Gasteiger partial charge is 0.198 e. The summed E-state index contributed by atoms with van der Waals surface area (Å²) in [7, 11) is 2.39. The minimum Gasteiger partial charge on any atom is -0.456 e. The van der Waals surface area contributed by atoms with Gasteiger partial charge in [0.1, 0.15) is 11.2 Å². The summed E-state index contributed by atoms with van der Waals surface area (Å²) in [6.45, 7) is 4.74. The molecule has 0 saturated heterocycles. The van der Waals surface area contributed by atoms with E-state index in [1.807, 2.05) is 6.07 Å². The maximum Gasteiger partial charge on any atom is 0.198 e. The molecule has 0 unspecified atom stereocenters. The fraction of sp³-hybridized carbons (Fsp3) is 0.0588. The molecular weight excluding hydrogens is 667 g/mol. The Hall–Kier alpha value is -6.78. The van der Waals surface area contributed by atoms with Gasteiger partial charge in [0.2, 0.25) is 0 Å². The maximum atomic E-state index is 6.46. The summed E-state index contributed by atoms with van der Waals surface area (Å²) in [5.74, 6) is 0. The van der Waals surface area contributed by atoms with Gasteiger partial charge in [0.15, 0.2) is 7.28 Å². The van der Waals surface area contributed by atoms with E-state index in [-0.39, 0.29) is 5.41 Å². The van der Waals surface area contributed by atoms with E-state index in [0.29, 0.717) is 0 Å². The van der Waals surface area contributed by atoms with Crippen molar-refractivity contribution in [2.75, 3.05) is 5.32 Å².